The number of para-hydroxylation sites is 1. The van der Waals surface area contributed by atoms with Gasteiger partial charge < -0.3 is 10.3 Å². The van der Waals surface area contributed by atoms with Crippen LogP contribution in [0.5, 0.6) is 0 Å². The molecule has 0 aliphatic heterocycles. The van der Waals surface area contributed by atoms with Crippen molar-refractivity contribution in [2.75, 3.05) is 0 Å². The van der Waals surface area contributed by atoms with Gasteiger partial charge in [0.25, 0.3) is 5.91 Å². The molecule has 1 aromatic heterocycles. The first-order valence-electron chi connectivity index (χ1n) is 10.8. The molecule has 0 aliphatic rings. The number of amides is 2. The molecular weight excluding hydrogens is 468 g/mol. The third-order valence-electron chi connectivity index (χ3n) is 5.53. The number of H-pyrrole nitrogens is 1. The average Bonchev–Trinajstić information content (AvgIpc) is 3.29. The average molecular weight is 493 g/mol. The second kappa shape index (κ2) is 10.5. The maximum absolute atomic E-state index is 13.2. The van der Waals surface area contributed by atoms with Crippen LogP contribution in [0.2, 0.25) is 0 Å². The van der Waals surface area contributed by atoms with Crippen LogP contribution < -0.4 is 15.5 Å². The van der Waals surface area contributed by atoms with Crippen molar-refractivity contribution in [3.63, 3.8) is 0 Å². The standard InChI is InChI=1S/C25H24N4O5S/c30-24(28-32)18-9-6-10-20(13-18)35(33,34)29-23(25(31)27-15-17-7-2-1-3-8-17)14-19-16-26-22-12-5-4-11-21(19)22/h1-13,16,23,26,29,32H,14-15H2,(H,27,31)(H,28,30)/t23-/m0/s1. The minimum absolute atomic E-state index is 0.0444. The fourth-order valence-electron chi connectivity index (χ4n) is 3.74. The Morgan fingerprint density at radius 1 is 0.943 bits per heavy atom. The highest BCUT2D eigenvalue weighted by Crippen LogP contribution is 2.20. The lowest BCUT2D eigenvalue weighted by Crippen LogP contribution is -2.47. The second-order valence-corrected chi connectivity index (χ2v) is 9.62. The summed E-state index contributed by atoms with van der Waals surface area (Å²) in [5.41, 5.74) is 3.95. The molecule has 0 saturated heterocycles. The smallest absolute Gasteiger partial charge is 0.274 e. The van der Waals surface area contributed by atoms with Gasteiger partial charge >= 0.3 is 0 Å². The van der Waals surface area contributed by atoms with Gasteiger partial charge in [0.1, 0.15) is 6.04 Å². The molecule has 0 spiro atoms. The molecule has 3 aromatic carbocycles. The summed E-state index contributed by atoms with van der Waals surface area (Å²) in [6, 6.07) is 20.9. The van der Waals surface area contributed by atoms with Gasteiger partial charge in [0, 0.05) is 29.2 Å². The van der Waals surface area contributed by atoms with Gasteiger partial charge in [-0.05, 0) is 41.8 Å². The van der Waals surface area contributed by atoms with Crippen LogP contribution in [-0.4, -0.2) is 36.5 Å². The van der Waals surface area contributed by atoms with E-state index in [9.17, 15) is 18.0 Å². The number of hydrogen-bond donors (Lipinski definition) is 5. The molecule has 4 rings (SSSR count). The molecule has 9 nitrogen and oxygen atoms in total. The van der Waals surface area contributed by atoms with E-state index in [1.54, 1.807) is 6.20 Å². The summed E-state index contributed by atoms with van der Waals surface area (Å²) in [7, 11) is -4.19. The predicted molar refractivity (Wildman–Crippen MR) is 130 cm³/mol. The molecule has 0 fully saturated rings. The molecule has 1 heterocycles. The van der Waals surface area contributed by atoms with Gasteiger partial charge in [-0.15, -0.1) is 0 Å². The fraction of sp³-hybridized carbons (Fsp3) is 0.120. The van der Waals surface area contributed by atoms with Crippen LogP contribution in [0.3, 0.4) is 0 Å². The molecule has 0 saturated carbocycles. The SMILES string of the molecule is O=C(NO)c1cccc(S(=O)(=O)N[C@@H](Cc2c[nH]c3ccccc23)C(=O)NCc2ccccc2)c1. The van der Waals surface area contributed by atoms with Crippen LogP contribution >= 0.6 is 0 Å². The zero-order chi connectivity index (χ0) is 24.8. The highest BCUT2D eigenvalue weighted by Gasteiger charge is 2.27. The van der Waals surface area contributed by atoms with Gasteiger partial charge in [0.05, 0.1) is 4.90 Å². The van der Waals surface area contributed by atoms with E-state index in [0.29, 0.717) is 0 Å². The van der Waals surface area contributed by atoms with Crippen LogP contribution in [-0.2, 0) is 27.8 Å². The highest BCUT2D eigenvalue weighted by atomic mass is 32.2. The van der Waals surface area contributed by atoms with Crippen LogP contribution in [0.15, 0.2) is 90.0 Å². The molecule has 1 atom stereocenters. The van der Waals surface area contributed by atoms with Gasteiger partial charge in [0.15, 0.2) is 0 Å². The van der Waals surface area contributed by atoms with Crippen LogP contribution in [0, 0.1) is 0 Å². The minimum Gasteiger partial charge on any atom is -0.361 e. The van der Waals surface area contributed by atoms with E-state index in [4.69, 9.17) is 5.21 Å². The number of aromatic amines is 1. The van der Waals surface area contributed by atoms with Gasteiger partial charge in [0.2, 0.25) is 15.9 Å². The van der Waals surface area contributed by atoms with Gasteiger partial charge in [-0.2, -0.15) is 4.72 Å². The van der Waals surface area contributed by atoms with E-state index in [1.807, 2.05) is 54.6 Å². The molecule has 0 unspecified atom stereocenters. The third kappa shape index (κ3) is 5.75. The molecule has 35 heavy (non-hydrogen) atoms. The van der Waals surface area contributed by atoms with E-state index < -0.39 is 27.9 Å². The van der Waals surface area contributed by atoms with Gasteiger partial charge in [-0.3, -0.25) is 14.8 Å². The normalized spacial score (nSPS) is 12.3. The number of rotatable bonds is 9. The second-order valence-electron chi connectivity index (χ2n) is 7.91. The number of fused-ring (bicyclic) bond motifs is 1. The number of hydrogen-bond acceptors (Lipinski definition) is 5. The lowest BCUT2D eigenvalue weighted by atomic mass is 10.0. The Bertz CT molecular complexity index is 1450. The summed E-state index contributed by atoms with van der Waals surface area (Å²) in [5.74, 6) is -1.34. The summed E-state index contributed by atoms with van der Waals surface area (Å²) >= 11 is 0. The van der Waals surface area contributed by atoms with Crippen LogP contribution in [0.1, 0.15) is 21.5 Å². The first-order chi connectivity index (χ1) is 16.9. The largest absolute Gasteiger partial charge is 0.361 e. The zero-order valence-corrected chi connectivity index (χ0v) is 19.4. The number of benzene rings is 3. The first kappa shape index (κ1) is 24.1. The number of sulfonamides is 1. The molecule has 2 amide bonds. The number of nitrogens with one attached hydrogen (secondary N) is 4. The molecule has 0 aliphatic carbocycles. The molecule has 4 aromatic rings. The van der Waals surface area contributed by atoms with Gasteiger partial charge in [-0.1, -0.05) is 54.6 Å². The molecule has 0 radical (unpaired) electrons. The molecular formula is C25H24N4O5S. The topological polar surface area (TPSA) is 140 Å². The Kier molecular flexibility index (Phi) is 7.25. The Morgan fingerprint density at radius 3 is 2.46 bits per heavy atom. The maximum Gasteiger partial charge on any atom is 0.274 e. The highest BCUT2D eigenvalue weighted by molar-refractivity contribution is 7.89. The monoisotopic (exact) mass is 492 g/mol. The number of aromatic nitrogens is 1. The quantitative estimate of drug-likeness (QED) is 0.180. The third-order valence-corrected chi connectivity index (χ3v) is 7.00. The predicted octanol–water partition coefficient (Wildman–Crippen LogP) is 2.49. The maximum atomic E-state index is 13.2. The van der Waals surface area contributed by atoms with Crippen LogP contribution in [0.4, 0.5) is 0 Å². The lowest BCUT2D eigenvalue weighted by molar-refractivity contribution is -0.122. The van der Waals surface area contributed by atoms with Crippen molar-refractivity contribution < 1.29 is 23.2 Å². The van der Waals surface area contributed by atoms with Crippen molar-refractivity contribution >= 4 is 32.7 Å². The van der Waals surface area contributed by atoms with E-state index in [2.05, 4.69) is 15.0 Å². The van der Waals surface area contributed by atoms with Crippen LogP contribution in [0.25, 0.3) is 10.9 Å². The van der Waals surface area contributed by atoms with Gasteiger partial charge in [-0.25, -0.2) is 13.9 Å². The summed E-state index contributed by atoms with van der Waals surface area (Å²) < 4.78 is 28.9. The van der Waals surface area contributed by atoms with Crippen molar-refractivity contribution in [1.29, 1.82) is 0 Å². The van der Waals surface area contributed by atoms with Crippen molar-refractivity contribution in [3.05, 3.63) is 102 Å². The zero-order valence-electron chi connectivity index (χ0n) is 18.6. The Balaban J connectivity index is 1.61. The van der Waals surface area contributed by atoms with Crippen molar-refractivity contribution in [2.24, 2.45) is 0 Å². The number of carbonyl (C=O) groups is 2. The van der Waals surface area contributed by atoms with Crippen molar-refractivity contribution in [2.45, 2.75) is 23.9 Å². The van der Waals surface area contributed by atoms with E-state index in [0.717, 1.165) is 28.1 Å². The summed E-state index contributed by atoms with van der Waals surface area (Å²) in [4.78, 5) is 27.8. The summed E-state index contributed by atoms with van der Waals surface area (Å²) in [5, 5.41) is 12.5. The Labute approximate surface area is 202 Å². The van der Waals surface area contributed by atoms with Crippen molar-refractivity contribution in [3.8, 4) is 0 Å². The molecule has 10 heteroatoms. The number of carbonyl (C=O) groups excluding carboxylic acids is 2. The minimum atomic E-state index is -4.19. The van der Waals surface area contributed by atoms with E-state index >= 15 is 0 Å². The van der Waals surface area contributed by atoms with E-state index in [-0.39, 0.29) is 23.4 Å². The molecule has 180 valence electrons. The first-order valence-corrected chi connectivity index (χ1v) is 12.3. The van der Waals surface area contributed by atoms with E-state index in [1.165, 1.54) is 23.7 Å². The Hall–Kier alpha value is -3.99. The summed E-state index contributed by atoms with van der Waals surface area (Å²) in [6.45, 7) is 0.234. The lowest BCUT2D eigenvalue weighted by Gasteiger charge is -2.19. The fourth-order valence-corrected chi connectivity index (χ4v) is 4.98. The van der Waals surface area contributed by atoms with Crippen molar-refractivity contribution in [1.82, 2.24) is 20.5 Å². The molecule has 0 bridgehead atoms. The number of hydroxylamine groups is 1. The Morgan fingerprint density at radius 2 is 1.69 bits per heavy atom. The molecule has 5 N–H and O–H groups in total. The summed E-state index contributed by atoms with van der Waals surface area (Å²) in [6.07, 6.45) is 1.85.